The second-order valence-corrected chi connectivity index (χ2v) is 5.29. The van der Waals surface area contributed by atoms with Gasteiger partial charge < -0.3 is 0 Å². The lowest BCUT2D eigenvalue weighted by atomic mass is 10.0. The Morgan fingerprint density at radius 1 is 1.27 bits per heavy atom. The Balaban J connectivity index is 3.14. The van der Waals surface area contributed by atoms with Crippen LogP contribution in [-0.4, -0.2) is 9.97 Å². The summed E-state index contributed by atoms with van der Waals surface area (Å²) in [5.41, 5.74) is 0.812. The van der Waals surface area contributed by atoms with E-state index in [-0.39, 0.29) is 10.8 Å². The smallest absolute Gasteiger partial charge is 0.248 e. The van der Waals surface area contributed by atoms with Crippen molar-refractivity contribution >= 4 is 22.4 Å². The highest BCUT2D eigenvalue weighted by atomic mass is 35.5. The zero-order valence-corrected chi connectivity index (χ0v) is 9.91. The summed E-state index contributed by atoms with van der Waals surface area (Å²) < 4.78 is 35.6. The van der Waals surface area contributed by atoms with Crippen molar-refractivity contribution in [1.29, 1.82) is 0 Å². The monoisotopic (exact) mass is 252 g/mol. The van der Waals surface area contributed by atoms with Crippen LogP contribution in [0.25, 0.3) is 0 Å². The van der Waals surface area contributed by atoms with Crippen LogP contribution in [0.2, 0.25) is 5.02 Å². The fraction of sp³-hybridized carbons (Fsp3) is 0.400. The molecule has 1 aromatic carbocycles. The maximum atomic E-state index is 12.2. The van der Waals surface area contributed by atoms with Crippen LogP contribution in [0.1, 0.15) is 25.3 Å². The van der Waals surface area contributed by atoms with Crippen molar-refractivity contribution in [3.8, 4) is 0 Å². The Labute approximate surface area is 94.9 Å². The Kier molecular flexibility index (Phi) is 4.22. The zero-order valence-electron chi connectivity index (χ0n) is 8.34. The molecule has 1 aromatic rings. The summed E-state index contributed by atoms with van der Waals surface area (Å²) in [7, 11) is -2.29. The van der Waals surface area contributed by atoms with Crippen LogP contribution in [0, 0.1) is 0 Å². The molecule has 0 aromatic heterocycles. The van der Waals surface area contributed by atoms with E-state index < -0.39 is 16.6 Å². The van der Waals surface area contributed by atoms with Gasteiger partial charge in [-0.25, -0.2) is 4.21 Å². The van der Waals surface area contributed by atoms with E-state index >= 15 is 0 Å². The highest BCUT2D eigenvalue weighted by Crippen LogP contribution is 2.25. The normalized spacial score (nSPS) is 13.5. The van der Waals surface area contributed by atoms with Gasteiger partial charge >= 0.3 is 5.76 Å². The van der Waals surface area contributed by atoms with E-state index in [1.807, 2.05) is 13.8 Å². The minimum Gasteiger partial charge on any atom is -0.248 e. The lowest BCUT2D eigenvalue weighted by molar-refractivity contribution is 0.244. The quantitative estimate of drug-likeness (QED) is 0.800. The number of benzene rings is 1. The van der Waals surface area contributed by atoms with E-state index in [0.717, 1.165) is 5.56 Å². The van der Waals surface area contributed by atoms with Crippen LogP contribution in [0.4, 0.5) is 8.78 Å². The van der Waals surface area contributed by atoms with Crippen LogP contribution in [-0.2, 0) is 10.8 Å². The first-order valence-electron chi connectivity index (χ1n) is 4.41. The molecule has 0 bridgehead atoms. The minimum atomic E-state index is -2.87. The van der Waals surface area contributed by atoms with Crippen LogP contribution in [0.15, 0.2) is 23.1 Å². The third kappa shape index (κ3) is 3.24. The van der Waals surface area contributed by atoms with Crippen molar-refractivity contribution in [2.75, 3.05) is 0 Å². The predicted molar refractivity (Wildman–Crippen MR) is 58.0 cm³/mol. The Morgan fingerprint density at radius 3 is 2.33 bits per heavy atom. The molecule has 0 N–H and O–H groups in total. The van der Waals surface area contributed by atoms with Gasteiger partial charge in [0.15, 0.2) is 0 Å². The van der Waals surface area contributed by atoms with Crippen molar-refractivity contribution < 1.29 is 13.0 Å². The van der Waals surface area contributed by atoms with Gasteiger partial charge in [-0.3, -0.25) is 0 Å². The SMILES string of the molecule is CC(C)c1cc(Cl)cc([S@](=O)C(F)F)c1. The fourth-order valence-corrected chi connectivity index (χ4v) is 2.15. The van der Waals surface area contributed by atoms with Gasteiger partial charge in [-0.15, -0.1) is 0 Å². The van der Waals surface area contributed by atoms with Crippen molar-refractivity contribution in [3.05, 3.63) is 28.8 Å². The second kappa shape index (κ2) is 5.03. The van der Waals surface area contributed by atoms with E-state index in [9.17, 15) is 13.0 Å². The zero-order chi connectivity index (χ0) is 11.6. The first-order chi connectivity index (χ1) is 6.91. The molecule has 0 saturated heterocycles. The standard InChI is InChI=1S/C10H11ClF2OS/c1-6(2)7-3-8(11)5-9(4-7)15(14)10(12)13/h3-6,10H,1-2H3/t15-/m0/s1. The van der Waals surface area contributed by atoms with E-state index in [2.05, 4.69) is 0 Å². The number of halogens is 3. The number of hydrogen-bond donors (Lipinski definition) is 0. The third-order valence-corrected chi connectivity index (χ3v) is 3.20. The van der Waals surface area contributed by atoms with Gasteiger partial charge in [-0.1, -0.05) is 25.4 Å². The minimum absolute atomic E-state index is 0.0844. The molecule has 0 aliphatic heterocycles. The molecule has 0 radical (unpaired) electrons. The predicted octanol–water partition coefficient (Wildman–Crippen LogP) is 3.79. The van der Waals surface area contributed by atoms with Crippen LogP contribution in [0.3, 0.4) is 0 Å². The molecule has 1 rings (SSSR count). The van der Waals surface area contributed by atoms with Crippen molar-refractivity contribution in [1.82, 2.24) is 0 Å². The van der Waals surface area contributed by atoms with E-state index in [1.54, 1.807) is 6.07 Å². The van der Waals surface area contributed by atoms with Crippen LogP contribution in [0.5, 0.6) is 0 Å². The fourth-order valence-electron chi connectivity index (χ4n) is 1.14. The molecule has 84 valence electrons. The summed E-state index contributed by atoms with van der Waals surface area (Å²) in [5, 5.41) is 0.338. The molecule has 0 fully saturated rings. The molecule has 1 atom stereocenters. The second-order valence-electron chi connectivity index (χ2n) is 3.43. The van der Waals surface area contributed by atoms with Crippen molar-refractivity contribution in [3.63, 3.8) is 0 Å². The summed E-state index contributed by atoms with van der Waals surface area (Å²) in [4.78, 5) is 0.0844. The number of rotatable bonds is 3. The molecule has 0 heterocycles. The number of hydrogen-bond acceptors (Lipinski definition) is 1. The van der Waals surface area contributed by atoms with E-state index in [0.29, 0.717) is 5.02 Å². The van der Waals surface area contributed by atoms with Crippen LogP contribution >= 0.6 is 11.6 Å². The Hall–Kier alpha value is -0.480. The molecule has 0 aliphatic rings. The summed E-state index contributed by atoms with van der Waals surface area (Å²) in [5.74, 6) is -2.71. The average Bonchev–Trinajstić information content (AvgIpc) is 2.15. The maximum absolute atomic E-state index is 12.2. The first kappa shape index (κ1) is 12.6. The Bertz CT molecular complexity index is 380. The summed E-state index contributed by atoms with van der Waals surface area (Å²) in [6, 6.07) is 4.52. The first-order valence-corrected chi connectivity index (χ1v) is 6.00. The highest BCUT2D eigenvalue weighted by Gasteiger charge is 2.17. The molecule has 0 unspecified atom stereocenters. The molecule has 0 amide bonds. The van der Waals surface area contributed by atoms with Gasteiger partial charge in [0.1, 0.15) is 10.8 Å². The molecule has 15 heavy (non-hydrogen) atoms. The van der Waals surface area contributed by atoms with Gasteiger partial charge in [0.05, 0.1) is 0 Å². The average molecular weight is 253 g/mol. The highest BCUT2D eigenvalue weighted by molar-refractivity contribution is 7.85. The van der Waals surface area contributed by atoms with Crippen molar-refractivity contribution in [2.45, 2.75) is 30.4 Å². The lowest BCUT2D eigenvalue weighted by Crippen LogP contribution is -2.03. The lowest BCUT2D eigenvalue weighted by Gasteiger charge is -2.08. The third-order valence-electron chi connectivity index (χ3n) is 1.95. The van der Waals surface area contributed by atoms with E-state index in [4.69, 9.17) is 11.6 Å². The molecule has 0 saturated carbocycles. The largest absolute Gasteiger partial charge is 0.316 e. The molecule has 0 aliphatic carbocycles. The van der Waals surface area contributed by atoms with Gasteiger partial charge in [0.2, 0.25) is 0 Å². The van der Waals surface area contributed by atoms with Gasteiger partial charge in [-0.05, 0) is 29.7 Å². The van der Waals surface area contributed by atoms with Gasteiger partial charge in [0, 0.05) is 9.92 Å². The molecule has 5 heteroatoms. The molecule has 0 spiro atoms. The van der Waals surface area contributed by atoms with E-state index in [1.165, 1.54) is 12.1 Å². The molecular formula is C10H11ClF2OS. The maximum Gasteiger partial charge on any atom is 0.316 e. The van der Waals surface area contributed by atoms with Crippen LogP contribution < -0.4 is 0 Å². The topological polar surface area (TPSA) is 17.1 Å². The summed E-state index contributed by atoms with van der Waals surface area (Å²) in [6.45, 7) is 3.83. The summed E-state index contributed by atoms with van der Waals surface area (Å²) in [6.07, 6.45) is 0. The van der Waals surface area contributed by atoms with Gasteiger partial charge in [0.25, 0.3) is 0 Å². The molecular weight excluding hydrogens is 242 g/mol. The van der Waals surface area contributed by atoms with Crippen molar-refractivity contribution in [2.24, 2.45) is 0 Å². The Morgan fingerprint density at radius 2 is 1.87 bits per heavy atom. The number of alkyl halides is 2. The molecule has 1 nitrogen and oxygen atoms in total. The van der Waals surface area contributed by atoms with Gasteiger partial charge in [-0.2, -0.15) is 8.78 Å². The summed E-state index contributed by atoms with van der Waals surface area (Å²) >= 11 is 5.76.